The number of aryl methyl sites for hydroxylation is 2. The first kappa shape index (κ1) is 15.7. The largest absolute Gasteiger partial charge is 0.390 e. The van der Waals surface area contributed by atoms with Gasteiger partial charge in [-0.05, 0) is 56.2 Å². The molecule has 1 atom stereocenters. The van der Waals surface area contributed by atoms with E-state index in [1.807, 2.05) is 18.7 Å². The van der Waals surface area contributed by atoms with Gasteiger partial charge in [0.1, 0.15) is 0 Å². The summed E-state index contributed by atoms with van der Waals surface area (Å²) in [5.41, 5.74) is 1.45. The Kier molecular flexibility index (Phi) is 5.82. The molecule has 1 heterocycles. The fraction of sp³-hybridized carbons (Fsp3) is 0.769. The highest BCUT2D eigenvalue weighted by Crippen LogP contribution is 2.27. The summed E-state index contributed by atoms with van der Waals surface area (Å²) in [7, 11) is 1.90. The molecular weight excluding hydrogens is 294 g/mol. The van der Waals surface area contributed by atoms with Gasteiger partial charge in [-0.15, -0.1) is 0 Å². The quantitative estimate of drug-likeness (QED) is 0.810. The molecule has 2 N–H and O–H groups in total. The molecule has 0 aliphatic heterocycles. The van der Waals surface area contributed by atoms with Crippen LogP contribution in [0.25, 0.3) is 0 Å². The molecule has 0 aliphatic rings. The first-order valence-corrected chi connectivity index (χ1v) is 7.35. The predicted octanol–water partition coefficient (Wildman–Crippen LogP) is 2.13. The van der Waals surface area contributed by atoms with Crippen LogP contribution in [0.4, 0.5) is 0 Å². The monoisotopic (exact) mass is 317 g/mol. The van der Waals surface area contributed by atoms with Gasteiger partial charge in [-0.25, -0.2) is 0 Å². The van der Waals surface area contributed by atoms with Crippen molar-refractivity contribution in [2.24, 2.45) is 0 Å². The van der Waals surface area contributed by atoms with Crippen LogP contribution in [-0.4, -0.2) is 34.1 Å². The summed E-state index contributed by atoms with van der Waals surface area (Å²) < 4.78 is 3.04. The van der Waals surface area contributed by atoms with Crippen molar-refractivity contribution in [1.82, 2.24) is 15.1 Å². The summed E-state index contributed by atoms with van der Waals surface area (Å²) in [6.07, 6.45) is 2.25. The fourth-order valence-corrected chi connectivity index (χ4v) is 2.73. The van der Waals surface area contributed by atoms with Gasteiger partial charge in [0.25, 0.3) is 0 Å². The maximum absolute atomic E-state index is 10.4. The molecule has 1 aromatic heterocycles. The van der Waals surface area contributed by atoms with E-state index in [1.165, 1.54) is 0 Å². The van der Waals surface area contributed by atoms with Crippen LogP contribution in [-0.2, 0) is 19.4 Å². The molecule has 0 saturated heterocycles. The van der Waals surface area contributed by atoms with E-state index in [9.17, 15) is 5.11 Å². The van der Waals surface area contributed by atoms with Gasteiger partial charge in [-0.1, -0.05) is 6.92 Å². The maximum Gasteiger partial charge on any atom is 0.0766 e. The van der Waals surface area contributed by atoms with E-state index in [4.69, 9.17) is 0 Å². The van der Waals surface area contributed by atoms with E-state index >= 15 is 0 Å². The maximum atomic E-state index is 10.4. The molecule has 18 heavy (non-hydrogen) atoms. The van der Waals surface area contributed by atoms with Crippen LogP contribution < -0.4 is 5.32 Å². The lowest BCUT2D eigenvalue weighted by atomic mass is 9.96. The van der Waals surface area contributed by atoms with Crippen LogP contribution in [0.1, 0.15) is 38.6 Å². The SMILES string of the molecule is CCc1nn(CC)c(CC(C)(O)CCNC)c1Br. The van der Waals surface area contributed by atoms with Crippen molar-refractivity contribution in [1.29, 1.82) is 0 Å². The highest BCUT2D eigenvalue weighted by Gasteiger charge is 2.25. The fourth-order valence-electron chi connectivity index (χ4n) is 2.03. The van der Waals surface area contributed by atoms with Crippen molar-refractivity contribution in [3.63, 3.8) is 0 Å². The van der Waals surface area contributed by atoms with Gasteiger partial charge in [0.2, 0.25) is 0 Å². The lowest BCUT2D eigenvalue weighted by Crippen LogP contribution is -2.32. The van der Waals surface area contributed by atoms with E-state index in [0.717, 1.165) is 41.8 Å². The highest BCUT2D eigenvalue weighted by atomic mass is 79.9. The third-order valence-corrected chi connectivity index (χ3v) is 4.07. The molecule has 0 aliphatic carbocycles. The smallest absolute Gasteiger partial charge is 0.0766 e. The Morgan fingerprint density at radius 1 is 1.44 bits per heavy atom. The minimum atomic E-state index is -0.705. The molecule has 0 saturated carbocycles. The third kappa shape index (κ3) is 3.80. The summed E-state index contributed by atoms with van der Waals surface area (Å²) in [5.74, 6) is 0. The summed E-state index contributed by atoms with van der Waals surface area (Å²) in [6, 6.07) is 0. The first-order chi connectivity index (χ1) is 8.45. The zero-order chi connectivity index (χ0) is 13.8. The number of hydrogen-bond acceptors (Lipinski definition) is 3. The number of aliphatic hydroxyl groups is 1. The molecular formula is C13H24BrN3O. The molecule has 1 unspecified atom stereocenters. The second kappa shape index (κ2) is 6.68. The lowest BCUT2D eigenvalue weighted by Gasteiger charge is -2.23. The molecule has 4 nitrogen and oxygen atoms in total. The number of aromatic nitrogens is 2. The zero-order valence-electron chi connectivity index (χ0n) is 11.8. The van der Waals surface area contributed by atoms with Crippen molar-refractivity contribution in [2.45, 2.75) is 52.2 Å². The highest BCUT2D eigenvalue weighted by molar-refractivity contribution is 9.10. The number of rotatable bonds is 7. The summed E-state index contributed by atoms with van der Waals surface area (Å²) in [4.78, 5) is 0. The normalized spacial score (nSPS) is 14.8. The first-order valence-electron chi connectivity index (χ1n) is 6.56. The minimum absolute atomic E-state index is 0.621. The van der Waals surface area contributed by atoms with Crippen LogP contribution in [0, 0.1) is 0 Å². The predicted molar refractivity (Wildman–Crippen MR) is 77.9 cm³/mol. The van der Waals surface area contributed by atoms with Crippen LogP contribution >= 0.6 is 15.9 Å². The van der Waals surface area contributed by atoms with Crippen molar-refractivity contribution < 1.29 is 5.11 Å². The van der Waals surface area contributed by atoms with Gasteiger partial charge in [0.15, 0.2) is 0 Å². The summed E-state index contributed by atoms with van der Waals surface area (Å²) in [6.45, 7) is 7.69. The Labute approximate surface area is 118 Å². The molecule has 1 aromatic rings. The van der Waals surface area contributed by atoms with E-state index in [-0.39, 0.29) is 0 Å². The van der Waals surface area contributed by atoms with Gasteiger partial charge in [-0.2, -0.15) is 5.10 Å². The molecule has 0 bridgehead atoms. The Hall–Kier alpha value is -0.390. The zero-order valence-corrected chi connectivity index (χ0v) is 13.3. The van der Waals surface area contributed by atoms with Gasteiger partial charge < -0.3 is 10.4 Å². The summed E-state index contributed by atoms with van der Waals surface area (Å²) in [5, 5.41) is 18.1. The van der Waals surface area contributed by atoms with Crippen molar-refractivity contribution in [3.05, 3.63) is 15.9 Å². The topological polar surface area (TPSA) is 50.1 Å². The molecule has 0 radical (unpaired) electrons. The number of nitrogens with zero attached hydrogens (tertiary/aromatic N) is 2. The van der Waals surface area contributed by atoms with E-state index in [1.54, 1.807) is 0 Å². The van der Waals surface area contributed by atoms with Crippen molar-refractivity contribution >= 4 is 15.9 Å². The average molecular weight is 318 g/mol. The van der Waals surface area contributed by atoms with Crippen molar-refractivity contribution in [3.8, 4) is 0 Å². The number of nitrogens with one attached hydrogen (secondary N) is 1. The van der Waals surface area contributed by atoms with Crippen molar-refractivity contribution in [2.75, 3.05) is 13.6 Å². The molecule has 1 rings (SSSR count). The molecule has 0 spiro atoms. The molecule has 0 aromatic carbocycles. The van der Waals surface area contributed by atoms with Crippen LogP contribution in [0.3, 0.4) is 0 Å². The van der Waals surface area contributed by atoms with E-state index < -0.39 is 5.60 Å². The Bertz CT molecular complexity index is 388. The second-order valence-corrected chi connectivity index (χ2v) is 5.70. The van der Waals surface area contributed by atoms with Gasteiger partial charge in [0.05, 0.1) is 21.5 Å². The standard InChI is InChI=1S/C13H24BrN3O/c1-5-10-12(14)11(17(6-2)16-10)9-13(3,18)7-8-15-4/h15,18H,5-9H2,1-4H3. The van der Waals surface area contributed by atoms with Crippen LogP contribution in [0.15, 0.2) is 4.47 Å². The number of hydrogen-bond donors (Lipinski definition) is 2. The molecule has 104 valence electrons. The lowest BCUT2D eigenvalue weighted by molar-refractivity contribution is 0.0498. The Morgan fingerprint density at radius 2 is 2.11 bits per heavy atom. The molecule has 5 heteroatoms. The Balaban J connectivity index is 2.91. The summed E-state index contributed by atoms with van der Waals surface area (Å²) >= 11 is 3.61. The van der Waals surface area contributed by atoms with Crippen LogP contribution in [0.5, 0.6) is 0 Å². The third-order valence-electron chi connectivity index (χ3n) is 3.16. The van der Waals surface area contributed by atoms with E-state index in [2.05, 4.69) is 40.2 Å². The molecule has 0 amide bonds. The van der Waals surface area contributed by atoms with Crippen LogP contribution in [0.2, 0.25) is 0 Å². The average Bonchev–Trinajstić information content (AvgIpc) is 2.63. The Morgan fingerprint density at radius 3 is 2.61 bits per heavy atom. The number of halogens is 1. The van der Waals surface area contributed by atoms with Gasteiger partial charge >= 0.3 is 0 Å². The van der Waals surface area contributed by atoms with E-state index in [0.29, 0.717) is 6.42 Å². The van der Waals surface area contributed by atoms with Gasteiger partial charge in [-0.3, -0.25) is 4.68 Å². The molecule has 0 fully saturated rings. The van der Waals surface area contributed by atoms with Gasteiger partial charge in [0, 0.05) is 13.0 Å². The minimum Gasteiger partial charge on any atom is -0.390 e. The second-order valence-electron chi connectivity index (χ2n) is 4.90.